The minimum Gasteiger partial charge on any atom is -0.341 e. The summed E-state index contributed by atoms with van der Waals surface area (Å²) in [4.78, 5) is 16.7. The Morgan fingerprint density at radius 3 is 2.63 bits per heavy atom. The maximum Gasteiger partial charge on any atom is 0.156 e. The van der Waals surface area contributed by atoms with E-state index in [0.29, 0.717) is 5.92 Å². The monoisotopic (exact) mass is 257 g/mol. The van der Waals surface area contributed by atoms with Crippen molar-refractivity contribution in [3.8, 4) is 11.5 Å². The molecule has 2 N–H and O–H groups in total. The fraction of sp³-hybridized carbons (Fsp3) is 0.500. The summed E-state index contributed by atoms with van der Waals surface area (Å²) in [7, 11) is 0. The molecular formula is C14H19N5. The van der Waals surface area contributed by atoms with E-state index >= 15 is 0 Å². The zero-order chi connectivity index (χ0) is 13.2. The van der Waals surface area contributed by atoms with E-state index in [4.69, 9.17) is 0 Å². The van der Waals surface area contributed by atoms with Crippen LogP contribution in [0.4, 0.5) is 0 Å². The average Bonchev–Trinajstić information content (AvgIpc) is 2.86. The predicted molar refractivity (Wildman–Crippen MR) is 73.9 cm³/mol. The quantitative estimate of drug-likeness (QED) is 0.863. The average molecular weight is 257 g/mol. The molecule has 0 aliphatic carbocycles. The lowest BCUT2D eigenvalue weighted by atomic mass is 9.94. The molecule has 1 fully saturated rings. The smallest absolute Gasteiger partial charge is 0.156 e. The van der Waals surface area contributed by atoms with Crippen molar-refractivity contribution < 1.29 is 0 Å². The number of hydrogen-bond donors (Lipinski definition) is 2. The molecule has 5 heteroatoms. The van der Waals surface area contributed by atoms with E-state index in [1.807, 2.05) is 20.0 Å². The third-order valence-electron chi connectivity index (χ3n) is 3.56. The van der Waals surface area contributed by atoms with Crippen molar-refractivity contribution in [2.75, 3.05) is 13.1 Å². The summed E-state index contributed by atoms with van der Waals surface area (Å²) in [6.07, 6.45) is 4.12. The van der Waals surface area contributed by atoms with Crippen LogP contribution in [-0.4, -0.2) is 33.0 Å². The molecule has 3 heterocycles. The molecule has 100 valence electrons. The molecule has 19 heavy (non-hydrogen) atoms. The van der Waals surface area contributed by atoms with Crippen LogP contribution in [0.1, 0.15) is 36.0 Å². The normalized spacial score (nSPS) is 16.7. The van der Waals surface area contributed by atoms with Crippen molar-refractivity contribution in [3.05, 3.63) is 29.5 Å². The molecule has 2 aromatic heterocycles. The summed E-state index contributed by atoms with van der Waals surface area (Å²) < 4.78 is 0. The van der Waals surface area contributed by atoms with Crippen molar-refractivity contribution in [1.29, 1.82) is 0 Å². The molecule has 5 nitrogen and oxygen atoms in total. The Morgan fingerprint density at radius 2 is 1.95 bits per heavy atom. The summed E-state index contributed by atoms with van der Waals surface area (Å²) in [5.41, 5.74) is 3.10. The van der Waals surface area contributed by atoms with E-state index in [2.05, 4.69) is 31.3 Å². The number of aryl methyl sites for hydroxylation is 2. The summed E-state index contributed by atoms with van der Waals surface area (Å²) in [6.45, 7) is 6.09. The van der Waals surface area contributed by atoms with Crippen molar-refractivity contribution in [3.63, 3.8) is 0 Å². The molecule has 0 saturated carbocycles. The van der Waals surface area contributed by atoms with Gasteiger partial charge in [-0.1, -0.05) is 0 Å². The third-order valence-corrected chi connectivity index (χ3v) is 3.56. The molecule has 2 aromatic rings. The first-order valence-electron chi connectivity index (χ1n) is 6.80. The van der Waals surface area contributed by atoms with Crippen molar-refractivity contribution in [2.45, 2.75) is 32.6 Å². The standard InChI is InChI=1S/C14H19N5/c1-9-8-16-14(17-9)13-7-12(18-10(2)19-13)11-3-5-15-6-4-11/h7-8,11,15H,3-6H2,1-2H3,(H,16,17). The molecular weight excluding hydrogens is 238 g/mol. The molecule has 1 saturated heterocycles. The van der Waals surface area contributed by atoms with Crippen LogP contribution < -0.4 is 5.32 Å². The minimum absolute atomic E-state index is 0.540. The van der Waals surface area contributed by atoms with E-state index < -0.39 is 0 Å². The molecule has 0 spiro atoms. The van der Waals surface area contributed by atoms with Gasteiger partial charge in [0.2, 0.25) is 0 Å². The SMILES string of the molecule is Cc1nc(-c2ncc(C)[nH]2)cc(C2CCNCC2)n1. The van der Waals surface area contributed by atoms with Gasteiger partial charge in [-0.15, -0.1) is 0 Å². The lowest BCUT2D eigenvalue weighted by molar-refractivity contribution is 0.452. The largest absolute Gasteiger partial charge is 0.341 e. The highest BCUT2D eigenvalue weighted by atomic mass is 15.0. The summed E-state index contributed by atoms with van der Waals surface area (Å²) in [6, 6.07) is 2.08. The number of piperidine rings is 1. The Morgan fingerprint density at radius 1 is 1.16 bits per heavy atom. The van der Waals surface area contributed by atoms with Gasteiger partial charge in [0.1, 0.15) is 11.5 Å². The first-order chi connectivity index (χ1) is 9.22. The fourth-order valence-electron chi connectivity index (χ4n) is 2.58. The predicted octanol–water partition coefficient (Wildman–Crippen LogP) is 1.95. The minimum atomic E-state index is 0.540. The first kappa shape index (κ1) is 12.3. The second kappa shape index (κ2) is 5.09. The van der Waals surface area contributed by atoms with E-state index in [9.17, 15) is 0 Å². The topological polar surface area (TPSA) is 66.5 Å². The number of H-pyrrole nitrogens is 1. The van der Waals surface area contributed by atoms with Gasteiger partial charge in [-0.3, -0.25) is 0 Å². The molecule has 0 aromatic carbocycles. The highest BCUT2D eigenvalue weighted by molar-refractivity contribution is 5.50. The van der Waals surface area contributed by atoms with Crippen LogP contribution in [-0.2, 0) is 0 Å². The Labute approximate surface area is 112 Å². The molecule has 0 atom stereocenters. The van der Waals surface area contributed by atoms with E-state index in [-0.39, 0.29) is 0 Å². The van der Waals surface area contributed by atoms with Crippen LogP contribution in [0.3, 0.4) is 0 Å². The van der Waals surface area contributed by atoms with Gasteiger partial charge in [0.05, 0.1) is 0 Å². The number of nitrogens with zero attached hydrogens (tertiary/aromatic N) is 3. The second-order valence-electron chi connectivity index (χ2n) is 5.16. The molecule has 0 amide bonds. The maximum atomic E-state index is 4.61. The van der Waals surface area contributed by atoms with Gasteiger partial charge in [0.25, 0.3) is 0 Å². The lowest BCUT2D eigenvalue weighted by Crippen LogP contribution is -2.27. The van der Waals surface area contributed by atoms with Gasteiger partial charge in [-0.25, -0.2) is 15.0 Å². The number of rotatable bonds is 2. The third kappa shape index (κ3) is 2.66. The van der Waals surface area contributed by atoms with Gasteiger partial charge < -0.3 is 10.3 Å². The van der Waals surface area contributed by atoms with Crippen molar-refractivity contribution in [2.24, 2.45) is 0 Å². The Balaban J connectivity index is 1.95. The summed E-state index contributed by atoms with van der Waals surface area (Å²) in [5, 5.41) is 3.39. The number of nitrogens with one attached hydrogen (secondary N) is 2. The van der Waals surface area contributed by atoms with E-state index in [0.717, 1.165) is 54.7 Å². The van der Waals surface area contributed by atoms with Gasteiger partial charge >= 0.3 is 0 Å². The van der Waals surface area contributed by atoms with Crippen molar-refractivity contribution in [1.82, 2.24) is 25.3 Å². The lowest BCUT2D eigenvalue weighted by Gasteiger charge is -2.22. The van der Waals surface area contributed by atoms with Gasteiger partial charge in [-0.2, -0.15) is 0 Å². The molecule has 1 aliphatic heterocycles. The van der Waals surface area contributed by atoms with Gasteiger partial charge in [-0.05, 0) is 45.8 Å². The van der Waals surface area contributed by atoms with Crippen LogP contribution in [0.5, 0.6) is 0 Å². The molecule has 0 unspecified atom stereocenters. The maximum absolute atomic E-state index is 4.61. The van der Waals surface area contributed by atoms with Crippen LogP contribution in [0.15, 0.2) is 12.3 Å². The molecule has 0 bridgehead atoms. The highest BCUT2D eigenvalue weighted by Gasteiger charge is 2.18. The zero-order valence-corrected chi connectivity index (χ0v) is 11.4. The van der Waals surface area contributed by atoms with Crippen LogP contribution >= 0.6 is 0 Å². The van der Waals surface area contributed by atoms with Gasteiger partial charge in [0.15, 0.2) is 5.82 Å². The summed E-state index contributed by atoms with van der Waals surface area (Å²) >= 11 is 0. The number of imidazole rings is 1. The molecule has 0 radical (unpaired) electrons. The number of aromatic amines is 1. The number of hydrogen-bond acceptors (Lipinski definition) is 4. The van der Waals surface area contributed by atoms with E-state index in [1.54, 1.807) is 0 Å². The Kier molecular flexibility index (Phi) is 3.29. The van der Waals surface area contributed by atoms with E-state index in [1.165, 1.54) is 0 Å². The van der Waals surface area contributed by atoms with Crippen LogP contribution in [0.25, 0.3) is 11.5 Å². The fourth-order valence-corrected chi connectivity index (χ4v) is 2.58. The molecule has 1 aliphatic rings. The Bertz CT molecular complexity index is 569. The molecule has 3 rings (SSSR count). The zero-order valence-electron chi connectivity index (χ0n) is 11.4. The Hall–Kier alpha value is -1.75. The van der Waals surface area contributed by atoms with Crippen LogP contribution in [0, 0.1) is 13.8 Å². The summed E-state index contributed by atoms with van der Waals surface area (Å²) in [5.74, 6) is 2.19. The second-order valence-corrected chi connectivity index (χ2v) is 5.16. The number of aromatic nitrogens is 4. The van der Waals surface area contributed by atoms with Gasteiger partial charge in [0, 0.05) is 23.5 Å². The van der Waals surface area contributed by atoms with Crippen LogP contribution in [0.2, 0.25) is 0 Å². The van der Waals surface area contributed by atoms with Crippen molar-refractivity contribution >= 4 is 0 Å². The first-order valence-corrected chi connectivity index (χ1v) is 6.80. The highest BCUT2D eigenvalue weighted by Crippen LogP contribution is 2.26.